The highest BCUT2D eigenvalue weighted by Gasteiger charge is 2.09. The number of hydrogen-bond acceptors (Lipinski definition) is 2. The van der Waals surface area contributed by atoms with E-state index in [0.717, 1.165) is 25.2 Å². The molecule has 2 nitrogen and oxygen atoms in total. The Labute approximate surface area is 109 Å². The van der Waals surface area contributed by atoms with Crippen LogP contribution >= 0.6 is 0 Å². The van der Waals surface area contributed by atoms with E-state index in [4.69, 9.17) is 0 Å². The maximum absolute atomic E-state index is 9.52. The topological polar surface area (TPSA) is 23.5 Å². The van der Waals surface area contributed by atoms with Gasteiger partial charge in [0.1, 0.15) is 0 Å². The molecule has 0 bridgehead atoms. The van der Waals surface area contributed by atoms with Crippen molar-refractivity contribution in [1.29, 1.82) is 0 Å². The summed E-state index contributed by atoms with van der Waals surface area (Å²) in [4.78, 5) is 2.38. The van der Waals surface area contributed by atoms with Gasteiger partial charge < -0.3 is 5.11 Å². The third-order valence-corrected chi connectivity index (χ3v) is 3.58. The van der Waals surface area contributed by atoms with Crippen LogP contribution in [0.4, 0.5) is 0 Å². The Morgan fingerprint density at radius 3 is 2.39 bits per heavy atom. The Balaban J connectivity index is 2.50. The molecule has 2 rings (SSSR count). The number of benzene rings is 2. The predicted octanol–water partition coefficient (Wildman–Crippen LogP) is 3.17. The maximum atomic E-state index is 9.52. The van der Waals surface area contributed by atoms with Gasteiger partial charge in [-0.3, -0.25) is 4.90 Å². The van der Waals surface area contributed by atoms with Crippen LogP contribution in [0, 0.1) is 0 Å². The maximum Gasteiger partial charge on any atom is 0.0685 e. The zero-order chi connectivity index (χ0) is 13.0. The van der Waals surface area contributed by atoms with Gasteiger partial charge in [0, 0.05) is 6.54 Å². The van der Waals surface area contributed by atoms with Crippen molar-refractivity contribution in [2.45, 2.75) is 27.0 Å². The standard InChI is InChI=1S/C16H21NO/c1-3-17(4-2)11-16-14(12-18)10-9-13-7-5-6-8-15(13)16/h5-10,18H,3-4,11-12H2,1-2H3. The SMILES string of the molecule is CCN(CC)Cc1c(CO)ccc2ccccc12. The van der Waals surface area contributed by atoms with Crippen molar-refractivity contribution in [3.05, 3.63) is 47.5 Å². The number of fused-ring (bicyclic) bond motifs is 1. The van der Waals surface area contributed by atoms with Crippen LogP contribution in [0.25, 0.3) is 10.8 Å². The Kier molecular flexibility index (Phi) is 4.34. The molecule has 1 N–H and O–H groups in total. The molecule has 0 aliphatic heterocycles. The van der Waals surface area contributed by atoms with Gasteiger partial charge in [-0.05, 0) is 35.0 Å². The number of rotatable bonds is 5. The van der Waals surface area contributed by atoms with Crippen molar-refractivity contribution in [1.82, 2.24) is 4.90 Å². The van der Waals surface area contributed by atoms with Crippen LogP contribution in [0.5, 0.6) is 0 Å². The van der Waals surface area contributed by atoms with Gasteiger partial charge in [-0.25, -0.2) is 0 Å². The number of hydrogen-bond donors (Lipinski definition) is 1. The van der Waals surface area contributed by atoms with Crippen molar-refractivity contribution in [3.8, 4) is 0 Å². The lowest BCUT2D eigenvalue weighted by Crippen LogP contribution is -2.23. The molecule has 2 aromatic carbocycles. The summed E-state index contributed by atoms with van der Waals surface area (Å²) in [5.41, 5.74) is 2.31. The molecule has 0 fully saturated rings. The molecule has 0 aliphatic rings. The van der Waals surface area contributed by atoms with E-state index >= 15 is 0 Å². The van der Waals surface area contributed by atoms with Crippen molar-refractivity contribution < 1.29 is 5.11 Å². The third kappa shape index (κ3) is 2.55. The molecule has 2 aromatic rings. The minimum atomic E-state index is 0.113. The van der Waals surface area contributed by atoms with Crippen LogP contribution < -0.4 is 0 Å². The second kappa shape index (κ2) is 5.98. The lowest BCUT2D eigenvalue weighted by Gasteiger charge is -2.21. The Morgan fingerprint density at radius 1 is 1.00 bits per heavy atom. The van der Waals surface area contributed by atoms with Crippen LogP contribution in [-0.4, -0.2) is 23.1 Å². The van der Waals surface area contributed by atoms with Crippen LogP contribution in [0.2, 0.25) is 0 Å². The van der Waals surface area contributed by atoms with Gasteiger partial charge in [-0.1, -0.05) is 50.2 Å². The highest BCUT2D eigenvalue weighted by molar-refractivity contribution is 5.86. The summed E-state index contributed by atoms with van der Waals surface area (Å²) < 4.78 is 0. The fraction of sp³-hybridized carbons (Fsp3) is 0.375. The molecular formula is C16H21NO. The summed E-state index contributed by atoms with van der Waals surface area (Å²) in [6.07, 6.45) is 0. The van der Waals surface area contributed by atoms with Gasteiger partial charge in [-0.2, -0.15) is 0 Å². The van der Waals surface area contributed by atoms with Gasteiger partial charge in [0.25, 0.3) is 0 Å². The highest BCUT2D eigenvalue weighted by Crippen LogP contribution is 2.24. The third-order valence-electron chi connectivity index (χ3n) is 3.58. The second-order valence-electron chi connectivity index (χ2n) is 4.54. The molecular weight excluding hydrogens is 222 g/mol. The molecule has 2 heteroatoms. The zero-order valence-corrected chi connectivity index (χ0v) is 11.2. The van der Waals surface area contributed by atoms with Gasteiger partial charge in [0.15, 0.2) is 0 Å². The predicted molar refractivity (Wildman–Crippen MR) is 76.5 cm³/mol. The van der Waals surface area contributed by atoms with Crippen molar-refractivity contribution in [2.75, 3.05) is 13.1 Å². The van der Waals surface area contributed by atoms with Gasteiger partial charge in [-0.15, -0.1) is 0 Å². The minimum Gasteiger partial charge on any atom is -0.392 e. The van der Waals surface area contributed by atoms with E-state index < -0.39 is 0 Å². The minimum absolute atomic E-state index is 0.113. The number of aliphatic hydroxyl groups is 1. The quantitative estimate of drug-likeness (QED) is 0.872. The fourth-order valence-electron chi connectivity index (χ4n) is 2.39. The van der Waals surface area contributed by atoms with E-state index in [1.54, 1.807) is 0 Å². The van der Waals surface area contributed by atoms with E-state index in [9.17, 15) is 5.11 Å². The van der Waals surface area contributed by atoms with Gasteiger partial charge in [0.05, 0.1) is 6.61 Å². The van der Waals surface area contributed by atoms with Crippen LogP contribution in [-0.2, 0) is 13.2 Å². The first-order chi connectivity index (χ1) is 8.80. The molecule has 0 atom stereocenters. The lowest BCUT2D eigenvalue weighted by atomic mass is 9.98. The molecule has 0 saturated carbocycles. The van der Waals surface area contributed by atoms with Crippen molar-refractivity contribution in [2.24, 2.45) is 0 Å². The first-order valence-electron chi connectivity index (χ1n) is 6.62. The normalized spacial score (nSPS) is 11.3. The smallest absolute Gasteiger partial charge is 0.0685 e. The summed E-state index contributed by atoms with van der Waals surface area (Å²) in [6, 6.07) is 12.5. The second-order valence-corrected chi connectivity index (χ2v) is 4.54. The van der Waals surface area contributed by atoms with Crippen molar-refractivity contribution >= 4 is 10.8 Å². The summed E-state index contributed by atoms with van der Waals surface area (Å²) in [5, 5.41) is 12.0. The number of nitrogens with zero attached hydrogens (tertiary/aromatic N) is 1. The molecule has 0 spiro atoms. The molecule has 96 valence electrons. The molecule has 0 unspecified atom stereocenters. The van der Waals surface area contributed by atoms with E-state index in [0.29, 0.717) is 0 Å². The Hall–Kier alpha value is -1.38. The van der Waals surface area contributed by atoms with E-state index in [-0.39, 0.29) is 6.61 Å². The fourth-order valence-corrected chi connectivity index (χ4v) is 2.39. The summed E-state index contributed by atoms with van der Waals surface area (Å²) >= 11 is 0. The molecule has 0 aliphatic carbocycles. The monoisotopic (exact) mass is 243 g/mol. The average molecular weight is 243 g/mol. The van der Waals surface area contributed by atoms with Crippen LogP contribution in [0.3, 0.4) is 0 Å². The number of aliphatic hydroxyl groups excluding tert-OH is 1. The summed E-state index contributed by atoms with van der Waals surface area (Å²) in [5.74, 6) is 0. The van der Waals surface area contributed by atoms with Crippen LogP contribution in [0.1, 0.15) is 25.0 Å². The van der Waals surface area contributed by atoms with Gasteiger partial charge in [0.2, 0.25) is 0 Å². The zero-order valence-electron chi connectivity index (χ0n) is 11.2. The van der Waals surface area contributed by atoms with Crippen molar-refractivity contribution in [3.63, 3.8) is 0 Å². The Morgan fingerprint density at radius 2 is 1.72 bits per heavy atom. The highest BCUT2D eigenvalue weighted by atomic mass is 16.3. The molecule has 18 heavy (non-hydrogen) atoms. The molecule has 0 amide bonds. The van der Waals surface area contributed by atoms with E-state index in [1.807, 2.05) is 6.07 Å². The molecule has 0 saturated heterocycles. The summed E-state index contributed by atoms with van der Waals surface area (Å²) in [7, 11) is 0. The van der Waals surface area contributed by atoms with E-state index in [1.165, 1.54) is 16.3 Å². The average Bonchev–Trinajstić information content (AvgIpc) is 2.44. The Bertz CT molecular complexity index is 517. The molecule has 0 heterocycles. The van der Waals surface area contributed by atoms with Crippen LogP contribution in [0.15, 0.2) is 36.4 Å². The first-order valence-corrected chi connectivity index (χ1v) is 6.62. The largest absolute Gasteiger partial charge is 0.392 e. The van der Waals surface area contributed by atoms with E-state index in [2.05, 4.69) is 49.1 Å². The van der Waals surface area contributed by atoms with Gasteiger partial charge >= 0.3 is 0 Å². The lowest BCUT2D eigenvalue weighted by molar-refractivity contribution is 0.270. The first kappa shape index (κ1) is 13.1. The molecule has 0 aromatic heterocycles. The molecule has 0 radical (unpaired) electrons. The summed E-state index contributed by atoms with van der Waals surface area (Å²) in [6.45, 7) is 7.43.